The summed E-state index contributed by atoms with van der Waals surface area (Å²) in [5, 5.41) is 2.42. The molecule has 1 heterocycles. The molecule has 0 aliphatic carbocycles. The first-order chi connectivity index (χ1) is 10.7. The average Bonchev–Trinajstić information content (AvgIpc) is 2.50. The van der Waals surface area contributed by atoms with Crippen LogP contribution in [0.5, 0.6) is 0 Å². The second-order valence-corrected chi connectivity index (χ2v) is 5.02. The summed E-state index contributed by atoms with van der Waals surface area (Å²) >= 11 is 0. The van der Waals surface area contributed by atoms with Gasteiger partial charge < -0.3 is 15.0 Å². The topological polar surface area (TPSA) is 58.6 Å². The van der Waals surface area contributed by atoms with E-state index < -0.39 is 29.8 Å². The lowest BCUT2D eigenvalue weighted by Gasteiger charge is -2.34. The number of rotatable bonds is 2. The van der Waals surface area contributed by atoms with Crippen LogP contribution in [0.15, 0.2) is 35.5 Å². The van der Waals surface area contributed by atoms with Crippen LogP contribution >= 0.6 is 0 Å². The van der Waals surface area contributed by atoms with Gasteiger partial charge in [-0.05, 0) is 18.6 Å². The lowest BCUT2D eigenvalue weighted by molar-refractivity contribution is -0.140. The number of carbonyl (C=O) groups excluding carboxylic acids is 2. The zero-order valence-corrected chi connectivity index (χ0v) is 12.7. The number of nitrogens with zero attached hydrogens (tertiary/aromatic N) is 1. The number of benzene rings is 1. The molecule has 124 valence electrons. The van der Waals surface area contributed by atoms with Crippen molar-refractivity contribution >= 4 is 12.0 Å². The van der Waals surface area contributed by atoms with Crippen molar-refractivity contribution in [2.75, 3.05) is 14.2 Å². The minimum absolute atomic E-state index is 0.0358. The highest BCUT2D eigenvalue weighted by molar-refractivity contribution is 5.95. The number of hydrogen-bond acceptors (Lipinski definition) is 3. The molecule has 2 amide bonds. The Morgan fingerprint density at radius 1 is 1.30 bits per heavy atom. The average molecular weight is 328 g/mol. The molecule has 0 spiro atoms. The molecule has 0 fully saturated rings. The zero-order valence-electron chi connectivity index (χ0n) is 12.7. The molecule has 0 saturated carbocycles. The second-order valence-electron chi connectivity index (χ2n) is 5.02. The fourth-order valence-corrected chi connectivity index (χ4v) is 2.45. The van der Waals surface area contributed by atoms with Crippen LogP contribution in [0, 0.1) is 0 Å². The van der Waals surface area contributed by atoms with Gasteiger partial charge in [-0.2, -0.15) is 13.2 Å². The van der Waals surface area contributed by atoms with Gasteiger partial charge in [0.2, 0.25) is 0 Å². The van der Waals surface area contributed by atoms with Gasteiger partial charge in [-0.15, -0.1) is 0 Å². The third-order valence-corrected chi connectivity index (χ3v) is 3.74. The number of nitrogens with one attached hydrogen (secondary N) is 1. The maximum absolute atomic E-state index is 13.2. The predicted octanol–water partition coefficient (Wildman–Crippen LogP) is 2.85. The molecule has 0 saturated heterocycles. The van der Waals surface area contributed by atoms with Crippen molar-refractivity contribution in [3.05, 3.63) is 46.7 Å². The summed E-state index contributed by atoms with van der Waals surface area (Å²) in [6.45, 7) is 1.48. The molecule has 0 bridgehead atoms. The van der Waals surface area contributed by atoms with Crippen LogP contribution in [-0.4, -0.2) is 31.1 Å². The molecular weight excluding hydrogens is 313 g/mol. The molecule has 0 radical (unpaired) electrons. The number of amides is 2. The Labute approximate surface area is 130 Å². The van der Waals surface area contributed by atoms with Crippen molar-refractivity contribution in [3.8, 4) is 0 Å². The Morgan fingerprint density at radius 3 is 2.48 bits per heavy atom. The van der Waals surface area contributed by atoms with Gasteiger partial charge in [-0.25, -0.2) is 9.59 Å². The molecule has 1 aromatic rings. The standard InChI is InChI=1S/C15H15F3N2O3/c1-8-11(13(21)23-3)12(19-14(22)20(8)2)9-6-4-5-7-10(9)15(16,17)18/h4-7,12H,1-3H3,(H,19,22)/t12-/m1/s1. The van der Waals surface area contributed by atoms with Crippen molar-refractivity contribution < 1.29 is 27.5 Å². The van der Waals surface area contributed by atoms with E-state index in [-0.39, 0.29) is 16.8 Å². The highest BCUT2D eigenvalue weighted by atomic mass is 19.4. The Bertz CT molecular complexity index is 683. The molecule has 1 aromatic carbocycles. The number of alkyl halides is 3. The van der Waals surface area contributed by atoms with E-state index >= 15 is 0 Å². The van der Waals surface area contributed by atoms with Crippen LogP contribution in [-0.2, 0) is 15.7 Å². The zero-order chi connectivity index (χ0) is 17.4. The first kappa shape index (κ1) is 16.9. The van der Waals surface area contributed by atoms with E-state index in [0.717, 1.165) is 18.1 Å². The van der Waals surface area contributed by atoms with E-state index in [1.807, 2.05) is 0 Å². The SMILES string of the molecule is COC(=O)C1=C(C)N(C)C(=O)N[C@@H]1c1ccccc1C(F)(F)F. The van der Waals surface area contributed by atoms with E-state index in [1.165, 1.54) is 32.2 Å². The predicted molar refractivity (Wildman–Crippen MR) is 75.2 cm³/mol. The Hall–Kier alpha value is -2.51. The third-order valence-electron chi connectivity index (χ3n) is 3.74. The van der Waals surface area contributed by atoms with Gasteiger partial charge in [0.15, 0.2) is 0 Å². The fourth-order valence-electron chi connectivity index (χ4n) is 2.45. The number of hydrogen-bond donors (Lipinski definition) is 1. The quantitative estimate of drug-likeness (QED) is 0.849. The van der Waals surface area contributed by atoms with Crippen molar-refractivity contribution in [1.29, 1.82) is 0 Å². The minimum atomic E-state index is -4.61. The second kappa shape index (κ2) is 5.94. The molecule has 0 unspecified atom stereocenters. The summed E-state index contributed by atoms with van der Waals surface area (Å²) in [4.78, 5) is 25.1. The van der Waals surface area contributed by atoms with Crippen LogP contribution in [0.25, 0.3) is 0 Å². The van der Waals surface area contributed by atoms with E-state index in [2.05, 4.69) is 10.1 Å². The molecular formula is C15H15F3N2O3. The summed E-state index contributed by atoms with van der Waals surface area (Å²) in [5.74, 6) is -0.795. The summed E-state index contributed by atoms with van der Waals surface area (Å²) in [6.07, 6.45) is -4.61. The maximum Gasteiger partial charge on any atom is 0.416 e. The van der Waals surface area contributed by atoms with Gasteiger partial charge in [-0.3, -0.25) is 0 Å². The maximum atomic E-state index is 13.2. The Morgan fingerprint density at radius 2 is 1.91 bits per heavy atom. The molecule has 5 nitrogen and oxygen atoms in total. The summed E-state index contributed by atoms with van der Waals surface area (Å²) < 4.78 is 44.4. The third kappa shape index (κ3) is 3.01. The highest BCUT2D eigenvalue weighted by Gasteiger charge is 2.40. The van der Waals surface area contributed by atoms with Crippen LogP contribution < -0.4 is 5.32 Å². The molecule has 0 aromatic heterocycles. The van der Waals surface area contributed by atoms with Crippen molar-refractivity contribution in [3.63, 3.8) is 0 Å². The van der Waals surface area contributed by atoms with E-state index in [4.69, 9.17) is 0 Å². The Balaban J connectivity index is 2.66. The Kier molecular flexibility index (Phi) is 4.35. The lowest BCUT2D eigenvalue weighted by Crippen LogP contribution is -2.46. The lowest BCUT2D eigenvalue weighted by atomic mass is 9.91. The number of carbonyl (C=O) groups is 2. The van der Waals surface area contributed by atoms with Gasteiger partial charge in [0.05, 0.1) is 24.3 Å². The molecule has 23 heavy (non-hydrogen) atoms. The van der Waals surface area contributed by atoms with Gasteiger partial charge in [-0.1, -0.05) is 18.2 Å². The van der Waals surface area contributed by atoms with E-state index in [9.17, 15) is 22.8 Å². The summed E-state index contributed by atoms with van der Waals surface area (Å²) in [5.41, 5.74) is -0.917. The van der Waals surface area contributed by atoms with Crippen LogP contribution in [0.2, 0.25) is 0 Å². The van der Waals surface area contributed by atoms with Gasteiger partial charge in [0.1, 0.15) is 0 Å². The number of ether oxygens (including phenoxy) is 1. The monoisotopic (exact) mass is 328 g/mol. The van der Waals surface area contributed by atoms with Gasteiger partial charge >= 0.3 is 18.2 Å². The van der Waals surface area contributed by atoms with Crippen molar-refractivity contribution in [2.45, 2.75) is 19.1 Å². The fraction of sp³-hybridized carbons (Fsp3) is 0.333. The largest absolute Gasteiger partial charge is 0.466 e. The summed E-state index contributed by atoms with van der Waals surface area (Å²) in [6, 6.07) is 2.97. The van der Waals surface area contributed by atoms with Crippen molar-refractivity contribution in [2.24, 2.45) is 0 Å². The molecule has 1 aliphatic rings. The minimum Gasteiger partial charge on any atom is -0.466 e. The first-order valence-electron chi connectivity index (χ1n) is 6.68. The molecule has 2 rings (SSSR count). The van der Waals surface area contributed by atoms with E-state index in [1.54, 1.807) is 0 Å². The van der Waals surface area contributed by atoms with Crippen LogP contribution in [0.3, 0.4) is 0 Å². The number of methoxy groups -OCH3 is 1. The number of urea groups is 1. The van der Waals surface area contributed by atoms with Gasteiger partial charge in [0, 0.05) is 12.7 Å². The van der Waals surface area contributed by atoms with Crippen LogP contribution in [0.4, 0.5) is 18.0 Å². The smallest absolute Gasteiger partial charge is 0.416 e. The first-order valence-corrected chi connectivity index (χ1v) is 6.68. The number of esters is 1. The molecule has 8 heteroatoms. The molecule has 1 aliphatic heterocycles. The number of allylic oxidation sites excluding steroid dienone is 1. The van der Waals surface area contributed by atoms with Crippen LogP contribution in [0.1, 0.15) is 24.1 Å². The van der Waals surface area contributed by atoms with Crippen molar-refractivity contribution in [1.82, 2.24) is 10.2 Å². The summed E-state index contributed by atoms with van der Waals surface area (Å²) in [7, 11) is 2.55. The van der Waals surface area contributed by atoms with Gasteiger partial charge in [0.25, 0.3) is 0 Å². The number of halogens is 3. The highest BCUT2D eigenvalue weighted by Crippen LogP contribution is 2.38. The molecule has 1 N–H and O–H groups in total. The van der Waals surface area contributed by atoms with E-state index in [0.29, 0.717) is 0 Å². The molecule has 1 atom stereocenters. The normalized spacial score (nSPS) is 18.8.